The SMILES string of the molecule is c1ccc(-n2c3ccccc3c3cc(N(c4ccc5c(c4)C(c4ccccc4)(c4ccccc4)c4ccccc4-5)c4cccc5c4oc4ccccc45)ccc32)cc1. The fraction of sp³-hybridized carbons (Fsp3) is 0.0182. The summed E-state index contributed by atoms with van der Waals surface area (Å²) in [5.41, 5.74) is 15.3. The van der Waals surface area contributed by atoms with E-state index in [1.54, 1.807) is 0 Å². The highest BCUT2D eigenvalue weighted by molar-refractivity contribution is 6.13. The van der Waals surface area contributed by atoms with Gasteiger partial charge < -0.3 is 13.9 Å². The number of nitrogens with zero attached hydrogens (tertiary/aromatic N) is 2. The summed E-state index contributed by atoms with van der Waals surface area (Å²) in [4.78, 5) is 2.41. The van der Waals surface area contributed by atoms with Crippen molar-refractivity contribution in [2.24, 2.45) is 0 Å². The van der Waals surface area contributed by atoms with Crippen molar-refractivity contribution in [3.05, 3.63) is 241 Å². The molecule has 11 aromatic rings. The van der Waals surface area contributed by atoms with Gasteiger partial charge in [0.1, 0.15) is 5.58 Å². The molecule has 1 aliphatic rings. The molecule has 58 heavy (non-hydrogen) atoms. The van der Waals surface area contributed by atoms with Crippen molar-refractivity contribution in [3.63, 3.8) is 0 Å². The topological polar surface area (TPSA) is 21.3 Å². The lowest BCUT2D eigenvalue weighted by molar-refractivity contribution is 0.669. The van der Waals surface area contributed by atoms with Crippen LogP contribution in [0.5, 0.6) is 0 Å². The normalized spacial score (nSPS) is 13.0. The first-order valence-corrected chi connectivity index (χ1v) is 19.9. The Kier molecular flexibility index (Phi) is 7.14. The van der Waals surface area contributed by atoms with Gasteiger partial charge in [0.25, 0.3) is 0 Å². The summed E-state index contributed by atoms with van der Waals surface area (Å²) >= 11 is 0. The summed E-state index contributed by atoms with van der Waals surface area (Å²) in [7, 11) is 0. The molecule has 0 saturated carbocycles. The minimum atomic E-state index is -0.533. The number of anilines is 3. The van der Waals surface area contributed by atoms with Crippen molar-refractivity contribution >= 4 is 60.8 Å². The Balaban J connectivity index is 1.16. The Bertz CT molecular complexity index is 3300. The van der Waals surface area contributed by atoms with E-state index in [2.05, 4.69) is 222 Å². The summed E-state index contributed by atoms with van der Waals surface area (Å²) in [5.74, 6) is 0. The molecule has 0 bridgehead atoms. The molecule has 0 N–H and O–H groups in total. The molecule has 0 spiro atoms. The number of hydrogen-bond donors (Lipinski definition) is 0. The molecule has 0 saturated heterocycles. The van der Waals surface area contributed by atoms with Crippen molar-refractivity contribution in [3.8, 4) is 16.8 Å². The van der Waals surface area contributed by atoms with Crippen LogP contribution in [0.15, 0.2) is 223 Å². The van der Waals surface area contributed by atoms with Gasteiger partial charge in [0.2, 0.25) is 0 Å². The van der Waals surface area contributed by atoms with E-state index in [1.165, 1.54) is 49.7 Å². The Hall–Kier alpha value is -7.62. The van der Waals surface area contributed by atoms with Gasteiger partial charge in [0.05, 0.1) is 22.1 Å². The third-order valence-electron chi connectivity index (χ3n) is 12.3. The van der Waals surface area contributed by atoms with Gasteiger partial charge in [0.15, 0.2) is 5.58 Å². The highest BCUT2D eigenvalue weighted by Gasteiger charge is 2.46. The van der Waals surface area contributed by atoms with Gasteiger partial charge in [-0.1, -0.05) is 158 Å². The van der Waals surface area contributed by atoms with Crippen LogP contribution in [0.2, 0.25) is 0 Å². The number of hydrogen-bond acceptors (Lipinski definition) is 2. The quantitative estimate of drug-likeness (QED) is 0.169. The molecule has 0 atom stereocenters. The fourth-order valence-electron chi connectivity index (χ4n) is 9.86. The smallest absolute Gasteiger partial charge is 0.159 e. The van der Waals surface area contributed by atoms with E-state index >= 15 is 0 Å². The van der Waals surface area contributed by atoms with E-state index in [9.17, 15) is 0 Å². The van der Waals surface area contributed by atoms with E-state index in [0.29, 0.717) is 0 Å². The predicted molar refractivity (Wildman–Crippen MR) is 240 cm³/mol. The Morgan fingerprint density at radius 2 is 0.983 bits per heavy atom. The van der Waals surface area contributed by atoms with Crippen molar-refractivity contribution < 1.29 is 4.42 Å². The lowest BCUT2D eigenvalue weighted by Gasteiger charge is -2.35. The van der Waals surface area contributed by atoms with E-state index in [1.807, 2.05) is 6.07 Å². The molecule has 3 nitrogen and oxygen atoms in total. The van der Waals surface area contributed by atoms with Gasteiger partial charge in [0, 0.05) is 38.6 Å². The van der Waals surface area contributed by atoms with Crippen LogP contribution in [0.1, 0.15) is 22.3 Å². The minimum absolute atomic E-state index is 0.533. The number of rotatable bonds is 6. The molecule has 272 valence electrons. The molecule has 2 heterocycles. The lowest BCUT2D eigenvalue weighted by atomic mass is 9.67. The van der Waals surface area contributed by atoms with Crippen LogP contribution >= 0.6 is 0 Å². The Labute approximate surface area is 336 Å². The molecular formula is C55H36N2O. The first-order chi connectivity index (χ1) is 28.8. The van der Waals surface area contributed by atoms with E-state index < -0.39 is 5.41 Å². The number of furan rings is 1. The number of para-hydroxylation sites is 4. The molecule has 0 radical (unpaired) electrons. The summed E-state index contributed by atoms with van der Waals surface area (Å²) in [6, 6.07) is 79.2. The molecule has 12 rings (SSSR count). The minimum Gasteiger partial charge on any atom is -0.454 e. The molecule has 9 aromatic carbocycles. The van der Waals surface area contributed by atoms with Gasteiger partial charge >= 0.3 is 0 Å². The van der Waals surface area contributed by atoms with E-state index in [4.69, 9.17) is 4.42 Å². The van der Waals surface area contributed by atoms with Crippen LogP contribution in [-0.2, 0) is 5.41 Å². The average molecular weight is 741 g/mol. The molecule has 0 aliphatic heterocycles. The van der Waals surface area contributed by atoms with Crippen LogP contribution in [0.4, 0.5) is 17.1 Å². The number of aromatic nitrogens is 1. The summed E-state index contributed by atoms with van der Waals surface area (Å²) in [6.45, 7) is 0. The highest BCUT2D eigenvalue weighted by atomic mass is 16.3. The standard InChI is InChI=1S/C55H36N2O/c1-4-17-37(18-5-1)55(38-19-6-2-7-20-38)48-27-13-10-23-42(48)43-33-31-41(36-49(43)55)56(52-29-16-26-46-45-25-12-15-30-53(45)58-54(46)52)40-32-34-51-47(35-40)44-24-11-14-28-50(44)57(51)39-21-8-3-9-22-39/h1-36H. The van der Waals surface area contributed by atoms with Crippen LogP contribution in [-0.4, -0.2) is 4.57 Å². The molecular weight excluding hydrogens is 705 g/mol. The zero-order valence-corrected chi connectivity index (χ0v) is 31.6. The van der Waals surface area contributed by atoms with Crippen molar-refractivity contribution in [1.82, 2.24) is 4.57 Å². The van der Waals surface area contributed by atoms with Crippen LogP contribution < -0.4 is 4.90 Å². The molecule has 3 heteroatoms. The molecule has 2 aromatic heterocycles. The lowest BCUT2D eigenvalue weighted by Crippen LogP contribution is -2.28. The zero-order chi connectivity index (χ0) is 38.2. The van der Waals surface area contributed by atoms with Crippen molar-refractivity contribution in [2.75, 3.05) is 4.90 Å². The maximum atomic E-state index is 6.80. The van der Waals surface area contributed by atoms with Crippen LogP contribution in [0.3, 0.4) is 0 Å². The maximum absolute atomic E-state index is 6.80. The third-order valence-corrected chi connectivity index (χ3v) is 12.3. The van der Waals surface area contributed by atoms with E-state index in [0.717, 1.165) is 50.2 Å². The predicted octanol–water partition coefficient (Wildman–Crippen LogP) is 14.5. The second-order valence-electron chi connectivity index (χ2n) is 15.2. The average Bonchev–Trinajstić information content (AvgIpc) is 3.94. The van der Waals surface area contributed by atoms with Gasteiger partial charge in [-0.05, 0) is 94.0 Å². The largest absolute Gasteiger partial charge is 0.454 e. The first-order valence-electron chi connectivity index (χ1n) is 19.9. The fourth-order valence-corrected chi connectivity index (χ4v) is 9.86. The van der Waals surface area contributed by atoms with Gasteiger partial charge in [-0.2, -0.15) is 0 Å². The van der Waals surface area contributed by atoms with E-state index in [-0.39, 0.29) is 0 Å². The van der Waals surface area contributed by atoms with Crippen molar-refractivity contribution in [1.29, 1.82) is 0 Å². The molecule has 0 amide bonds. The second-order valence-corrected chi connectivity index (χ2v) is 15.2. The monoisotopic (exact) mass is 740 g/mol. The Morgan fingerprint density at radius 3 is 1.78 bits per heavy atom. The number of fused-ring (bicyclic) bond motifs is 9. The summed E-state index contributed by atoms with van der Waals surface area (Å²) in [5, 5.41) is 4.60. The van der Waals surface area contributed by atoms with Gasteiger partial charge in [-0.25, -0.2) is 0 Å². The Morgan fingerprint density at radius 1 is 0.397 bits per heavy atom. The zero-order valence-electron chi connectivity index (χ0n) is 31.6. The molecule has 1 aliphatic carbocycles. The van der Waals surface area contributed by atoms with Gasteiger partial charge in [-0.15, -0.1) is 0 Å². The maximum Gasteiger partial charge on any atom is 0.159 e. The molecule has 0 unspecified atom stereocenters. The number of benzene rings is 9. The molecule has 0 fully saturated rings. The summed E-state index contributed by atoms with van der Waals surface area (Å²) in [6.07, 6.45) is 0. The van der Waals surface area contributed by atoms with Crippen molar-refractivity contribution in [2.45, 2.75) is 5.41 Å². The highest BCUT2D eigenvalue weighted by Crippen LogP contribution is 2.57. The van der Waals surface area contributed by atoms with Crippen LogP contribution in [0.25, 0.3) is 60.6 Å². The summed E-state index contributed by atoms with van der Waals surface area (Å²) < 4.78 is 9.18. The third kappa shape index (κ3) is 4.62. The second kappa shape index (κ2) is 12.7. The first kappa shape index (κ1) is 32.6. The van der Waals surface area contributed by atoms with Gasteiger partial charge in [-0.3, -0.25) is 0 Å². The van der Waals surface area contributed by atoms with Crippen LogP contribution in [0, 0.1) is 0 Å².